The fourth-order valence-electron chi connectivity index (χ4n) is 7.45. The number of hydrogen-bond donors (Lipinski definition) is 0. The number of hydrogen-bond acceptors (Lipinski definition) is 6. The van der Waals surface area contributed by atoms with Gasteiger partial charge in [-0.3, -0.25) is 4.79 Å². The lowest BCUT2D eigenvalue weighted by molar-refractivity contribution is -0.158. The first kappa shape index (κ1) is 19.8. The molecule has 7 nitrogen and oxygen atoms in total. The molecule has 0 unspecified atom stereocenters. The standard InChI is InChI=1S/C24H35N5O2/c1-17-10-21(26-23(25-17)29-6-8-31-9-7-29)27-2-4-28(5-3-27)22(30)24-14-18-11-19(15-24)13-20(12-18)16-24/h10,18-20H,2-9,11-16H2,1H3. The van der Waals surface area contributed by atoms with Crippen LogP contribution in [0.1, 0.15) is 44.2 Å². The highest BCUT2D eigenvalue weighted by Gasteiger charge is 2.55. The number of aryl methyl sites for hydroxylation is 1. The van der Waals surface area contributed by atoms with Gasteiger partial charge in [0.2, 0.25) is 11.9 Å². The third kappa shape index (κ3) is 3.59. The monoisotopic (exact) mass is 425 g/mol. The number of rotatable bonds is 3. The summed E-state index contributed by atoms with van der Waals surface area (Å²) in [4.78, 5) is 30.0. The molecule has 0 radical (unpaired) electrons. The Morgan fingerprint density at radius 3 is 2.13 bits per heavy atom. The molecule has 0 aromatic carbocycles. The third-order valence-corrected chi connectivity index (χ3v) is 8.51. The molecule has 2 aliphatic heterocycles. The average molecular weight is 426 g/mol. The van der Waals surface area contributed by atoms with Gasteiger partial charge in [-0.25, -0.2) is 4.98 Å². The van der Waals surface area contributed by atoms with Crippen molar-refractivity contribution in [3.8, 4) is 0 Å². The highest BCUT2D eigenvalue weighted by atomic mass is 16.5. The molecule has 3 heterocycles. The van der Waals surface area contributed by atoms with Gasteiger partial charge in [-0.15, -0.1) is 0 Å². The Kier molecular flexibility index (Phi) is 4.85. The number of aromatic nitrogens is 2. The maximum Gasteiger partial charge on any atom is 0.228 e. The molecule has 7 rings (SSSR count). The zero-order valence-corrected chi connectivity index (χ0v) is 18.8. The molecule has 1 aromatic heterocycles. The minimum Gasteiger partial charge on any atom is -0.378 e. The van der Waals surface area contributed by atoms with Crippen LogP contribution in [0.15, 0.2) is 6.07 Å². The lowest BCUT2D eigenvalue weighted by Crippen LogP contribution is -2.58. The van der Waals surface area contributed by atoms with Gasteiger partial charge in [-0.05, 0) is 63.2 Å². The van der Waals surface area contributed by atoms with Crippen molar-refractivity contribution in [2.45, 2.75) is 45.4 Å². The van der Waals surface area contributed by atoms with Crippen molar-refractivity contribution in [1.29, 1.82) is 0 Å². The smallest absolute Gasteiger partial charge is 0.228 e. The van der Waals surface area contributed by atoms with Gasteiger partial charge in [0.15, 0.2) is 0 Å². The van der Waals surface area contributed by atoms with E-state index in [1.54, 1.807) is 0 Å². The average Bonchev–Trinajstić information content (AvgIpc) is 2.78. The van der Waals surface area contributed by atoms with E-state index in [4.69, 9.17) is 9.72 Å². The normalized spacial score (nSPS) is 35.0. The van der Waals surface area contributed by atoms with E-state index in [0.29, 0.717) is 5.91 Å². The van der Waals surface area contributed by atoms with E-state index in [9.17, 15) is 4.79 Å². The van der Waals surface area contributed by atoms with E-state index in [1.807, 2.05) is 6.92 Å². The topological polar surface area (TPSA) is 61.8 Å². The first-order valence-electron chi connectivity index (χ1n) is 12.3. The number of piperazine rings is 1. The van der Waals surface area contributed by atoms with E-state index < -0.39 is 0 Å². The zero-order valence-electron chi connectivity index (χ0n) is 18.8. The van der Waals surface area contributed by atoms with Crippen molar-refractivity contribution in [1.82, 2.24) is 14.9 Å². The summed E-state index contributed by atoms with van der Waals surface area (Å²) in [6, 6.07) is 2.08. The lowest BCUT2D eigenvalue weighted by atomic mass is 9.49. The van der Waals surface area contributed by atoms with Crippen LogP contribution >= 0.6 is 0 Å². The second-order valence-corrected chi connectivity index (χ2v) is 10.7. The van der Waals surface area contributed by atoms with Crippen molar-refractivity contribution in [2.24, 2.45) is 23.2 Å². The van der Waals surface area contributed by atoms with E-state index in [1.165, 1.54) is 19.3 Å². The molecule has 7 heteroatoms. The molecule has 0 atom stereocenters. The molecule has 1 amide bonds. The molecule has 168 valence electrons. The van der Waals surface area contributed by atoms with Gasteiger partial charge in [-0.1, -0.05) is 0 Å². The van der Waals surface area contributed by atoms with Crippen LogP contribution in [0.3, 0.4) is 0 Å². The summed E-state index contributed by atoms with van der Waals surface area (Å²) >= 11 is 0. The molecule has 2 saturated heterocycles. The number of carbonyl (C=O) groups is 1. The summed E-state index contributed by atoms with van der Waals surface area (Å²) < 4.78 is 5.47. The van der Waals surface area contributed by atoms with E-state index in [0.717, 1.165) is 107 Å². The van der Waals surface area contributed by atoms with Gasteiger partial charge in [0.05, 0.1) is 18.6 Å². The van der Waals surface area contributed by atoms with Crippen LogP contribution in [0.5, 0.6) is 0 Å². The number of morpholine rings is 1. The van der Waals surface area contributed by atoms with Crippen LogP contribution in [0.2, 0.25) is 0 Å². The molecule has 4 aliphatic carbocycles. The van der Waals surface area contributed by atoms with Gasteiger partial charge in [-0.2, -0.15) is 4.98 Å². The van der Waals surface area contributed by atoms with Gasteiger partial charge in [0, 0.05) is 51.0 Å². The summed E-state index contributed by atoms with van der Waals surface area (Å²) in [6.07, 6.45) is 7.64. The second-order valence-electron chi connectivity index (χ2n) is 10.7. The predicted molar refractivity (Wildman–Crippen MR) is 119 cm³/mol. The first-order chi connectivity index (χ1) is 15.1. The Hall–Kier alpha value is -1.89. The van der Waals surface area contributed by atoms with Crippen LogP contribution in [-0.2, 0) is 9.53 Å². The Balaban J connectivity index is 1.13. The Labute approximate surface area is 185 Å². The lowest BCUT2D eigenvalue weighted by Gasteiger charge is -2.57. The molecule has 6 fully saturated rings. The quantitative estimate of drug-likeness (QED) is 0.742. The molecule has 6 aliphatic rings. The number of nitrogens with zero attached hydrogens (tertiary/aromatic N) is 5. The molecule has 1 aromatic rings. The van der Waals surface area contributed by atoms with E-state index >= 15 is 0 Å². The fourth-order valence-corrected chi connectivity index (χ4v) is 7.45. The fraction of sp³-hybridized carbons (Fsp3) is 0.792. The van der Waals surface area contributed by atoms with Crippen LogP contribution < -0.4 is 9.80 Å². The minimum absolute atomic E-state index is 0.0219. The summed E-state index contributed by atoms with van der Waals surface area (Å²) in [5.41, 5.74) is 0.977. The Morgan fingerprint density at radius 1 is 0.903 bits per heavy atom. The molecular formula is C24H35N5O2. The zero-order chi connectivity index (χ0) is 21.0. The van der Waals surface area contributed by atoms with Gasteiger partial charge in [0.1, 0.15) is 5.82 Å². The van der Waals surface area contributed by atoms with Crippen molar-refractivity contribution in [3.63, 3.8) is 0 Å². The van der Waals surface area contributed by atoms with Crippen LogP contribution in [0.4, 0.5) is 11.8 Å². The SMILES string of the molecule is Cc1cc(N2CCN(C(=O)C34CC5CC(CC(C5)C3)C4)CC2)nc(N2CCOCC2)n1. The molecular weight excluding hydrogens is 390 g/mol. The number of anilines is 2. The largest absolute Gasteiger partial charge is 0.378 e. The third-order valence-electron chi connectivity index (χ3n) is 8.51. The summed E-state index contributed by atoms with van der Waals surface area (Å²) in [7, 11) is 0. The number of ether oxygens (including phenoxy) is 1. The molecule has 31 heavy (non-hydrogen) atoms. The first-order valence-corrected chi connectivity index (χ1v) is 12.3. The van der Waals surface area contributed by atoms with E-state index in [2.05, 4.69) is 25.8 Å². The highest BCUT2D eigenvalue weighted by Crippen LogP contribution is 2.60. The molecule has 0 spiro atoms. The maximum atomic E-state index is 13.7. The number of carbonyl (C=O) groups excluding carboxylic acids is 1. The number of amides is 1. The van der Waals surface area contributed by atoms with Crippen molar-refractivity contribution >= 4 is 17.7 Å². The molecule has 0 N–H and O–H groups in total. The van der Waals surface area contributed by atoms with Crippen LogP contribution in [-0.4, -0.2) is 73.3 Å². The molecule has 4 bridgehead atoms. The summed E-state index contributed by atoms with van der Waals surface area (Å²) in [5.74, 6) is 4.73. The van der Waals surface area contributed by atoms with Gasteiger partial charge >= 0.3 is 0 Å². The Bertz CT molecular complexity index is 809. The Morgan fingerprint density at radius 2 is 1.52 bits per heavy atom. The van der Waals surface area contributed by atoms with Crippen molar-refractivity contribution in [3.05, 3.63) is 11.8 Å². The van der Waals surface area contributed by atoms with Gasteiger partial charge < -0.3 is 19.4 Å². The van der Waals surface area contributed by atoms with Crippen LogP contribution in [0.25, 0.3) is 0 Å². The van der Waals surface area contributed by atoms with Crippen molar-refractivity contribution in [2.75, 3.05) is 62.3 Å². The maximum absolute atomic E-state index is 13.7. The summed E-state index contributed by atoms with van der Waals surface area (Å²) in [5, 5.41) is 0. The second kappa shape index (κ2) is 7.61. The van der Waals surface area contributed by atoms with Gasteiger partial charge in [0.25, 0.3) is 0 Å². The predicted octanol–water partition coefficient (Wildman–Crippen LogP) is 2.49. The minimum atomic E-state index is -0.0219. The van der Waals surface area contributed by atoms with Crippen molar-refractivity contribution < 1.29 is 9.53 Å². The molecule has 4 saturated carbocycles. The highest BCUT2D eigenvalue weighted by molar-refractivity contribution is 5.83. The van der Waals surface area contributed by atoms with Crippen LogP contribution in [0, 0.1) is 30.1 Å². The summed E-state index contributed by atoms with van der Waals surface area (Å²) in [6.45, 7) is 8.55. The van der Waals surface area contributed by atoms with E-state index in [-0.39, 0.29) is 5.41 Å².